The minimum Gasteiger partial charge on any atom is -0.493 e. The van der Waals surface area contributed by atoms with Crippen LogP contribution in [0.15, 0.2) is 71.8 Å². The third kappa shape index (κ3) is 6.64. The molecule has 8 nitrogen and oxygen atoms in total. The fourth-order valence-electron chi connectivity index (χ4n) is 3.86. The molecule has 0 aliphatic heterocycles. The van der Waals surface area contributed by atoms with Gasteiger partial charge in [-0.2, -0.15) is 9.78 Å². The number of nitrogens with one attached hydrogen (secondary N) is 1. The summed E-state index contributed by atoms with van der Waals surface area (Å²) in [5, 5.41) is 7.82. The highest BCUT2D eigenvalue weighted by Gasteiger charge is 2.19. The zero-order valence-electron chi connectivity index (χ0n) is 22.3. The highest BCUT2D eigenvalue weighted by atomic mass is 79.9. The summed E-state index contributed by atoms with van der Waals surface area (Å²) in [7, 11) is 1.51. The molecule has 1 N–H and O–H groups in total. The fourth-order valence-corrected chi connectivity index (χ4v) is 5.15. The van der Waals surface area contributed by atoms with Crippen LogP contribution in [0.4, 0.5) is 5.69 Å². The largest absolute Gasteiger partial charge is 0.493 e. The smallest absolute Gasteiger partial charge is 0.282 e. The molecule has 1 heterocycles. The third-order valence-corrected chi connectivity index (χ3v) is 8.89. The van der Waals surface area contributed by atoms with E-state index >= 15 is 0 Å². The van der Waals surface area contributed by atoms with E-state index in [-0.39, 0.29) is 24.0 Å². The summed E-state index contributed by atoms with van der Waals surface area (Å²) in [5.41, 5.74) is 2.76. The maximum absolute atomic E-state index is 13.5. The van der Waals surface area contributed by atoms with Crippen molar-refractivity contribution in [3.63, 3.8) is 0 Å². The van der Waals surface area contributed by atoms with E-state index in [4.69, 9.17) is 14.5 Å². The first-order chi connectivity index (χ1) is 19.1. The zero-order valence-corrected chi connectivity index (χ0v) is 27.1. The number of carbonyl (C=O) groups excluding carboxylic acids is 1. The Kier molecular flexibility index (Phi) is 9.81. The van der Waals surface area contributed by atoms with Crippen LogP contribution in [-0.2, 0) is 4.79 Å². The molecule has 0 aliphatic carbocycles. The van der Waals surface area contributed by atoms with Crippen molar-refractivity contribution in [2.45, 2.75) is 33.1 Å². The van der Waals surface area contributed by atoms with E-state index < -0.39 is 0 Å². The molecule has 0 spiro atoms. The van der Waals surface area contributed by atoms with Crippen molar-refractivity contribution in [3.05, 3.63) is 89.3 Å². The number of amides is 1. The quantitative estimate of drug-likeness (QED) is 0.181. The lowest BCUT2D eigenvalue weighted by molar-refractivity contribution is -0.118. The zero-order chi connectivity index (χ0) is 29.0. The Labute approximate surface area is 257 Å². The number of fused-ring (bicyclic) bond motifs is 1. The maximum atomic E-state index is 13.5. The molecule has 0 saturated heterocycles. The molecule has 0 fully saturated rings. The Hall–Kier alpha value is -3.02. The summed E-state index contributed by atoms with van der Waals surface area (Å²) >= 11 is 10.6. The first kappa shape index (κ1) is 30.0. The number of anilines is 1. The van der Waals surface area contributed by atoms with Crippen LogP contribution in [0.1, 0.15) is 43.1 Å². The second-order valence-electron chi connectivity index (χ2n) is 9.13. The summed E-state index contributed by atoms with van der Waals surface area (Å²) in [6.45, 7) is 5.80. The lowest BCUT2D eigenvalue weighted by Crippen LogP contribution is -2.23. The van der Waals surface area contributed by atoms with Crippen molar-refractivity contribution in [2.24, 2.45) is 5.10 Å². The average molecular weight is 735 g/mol. The minimum atomic E-state index is -0.313. The van der Waals surface area contributed by atoms with E-state index in [2.05, 4.69) is 58.2 Å². The van der Waals surface area contributed by atoms with Crippen LogP contribution in [0.25, 0.3) is 10.9 Å². The van der Waals surface area contributed by atoms with Crippen molar-refractivity contribution in [3.8, 4) is 11.5 Å². The first-order valence-electron chi connectivity index (χ1n) is 12.4. The van der Waals surface area contributed by atoms with E-state index in [1.54, 1.807) is 18.3 Å². The monoisotopic (exact) mass is 732 g/mol. The number of hydrogen-bond acceptors (Lipinski definition) is 6. The second-order valence-corrected chi connectivity index (χ2v) is 11.6. The van der Waals surface area contributed by atoms with Gasteiger partial charge in [0.25, 0.3) is 11.5 Å². The van der Waals surface area contributed by atoms with Gasteiger partial charge >= 0.3 is 0 Å². The van der Waals surface area contributed by atoms with Gasteiger partial charge in [-0.25, -0.2) is 4.98 Å². The molecule has 1 atom stereocenters. The maximum Gasteiger partial charge on any atom is 0.282 e. The van der Waals surface area contributed by atoms with Gasteiger partial charge in [-0.05, 0) is 81.6 Å². The Balaban J connectivity index is 1.65. The van der Waals surface area contributed by atoms with Crippen LogP contribution < -0.4 is 20.3 Å². The predicted molar refractivity (Wildman–Crippen MR) is 169 cm³/mol. The number of nitrogens with zero attached hydrogens (tertiary/aromatic N) is 3. The standard InChI is InChI=1S/C29H27Br3N4O4/c1-5-17(3)28-35-22-11-8-19(30)13-21(22)29(38)36(28)33-14-18-12-23(39-4)27(26(32)25(18)31)40-15-24(37)34-20-9-6-16(2)7-10-20/h6-14,17H,5,15H2,1-4H3,(H,34,37)/t17-/m1/s1. The van der Waals surface area contributed by atoms with Gasteiger partial charge in [-0.3, -0.25) is 9.59 Å². The minimum absolute atomic E-state index is 0.00411. The van der Waals surface area contributed by atoms with Crippen molar-refractivity contribution in [2.75, 3.05) is 19.0 Å². The van der Waals surface area contributed by atoms with Crippen LogP contribution in [0.3, 0.4) is 0 Å². The highest BCUT2D eigenvalue weighted by Crippen LogP contribution is 2.42. The normalized spacial score (nSPS) is 12.1. The molecule has 0 aliphatic rings. The summed E-state index contributed by atoms with van der Waals surface area (Å²) in [5.74, 6) is 0.992. The van der Waals surface area contributed by atoms with Crippen LogP contribution in [0.5, 0.6) is 11.5 Å². The summed E-state index contributed by atoms with van der Waals surface area (Å²) < 4.78 is 14.7. The number of ether oxygens (including phenoxy) is 2. The number of hydrogen-bond donors (Lipinski definition) is 1. The molecule has 4 rings (SSSR count). The molecule has 0 bridgehead atoms. The molecule has 0 saturated carbocycles. The van der Waals surface area contributed by atoms with E-state index in [1.807, 2.05) is 57.2 Å². The molecule has 40 heavy (non-hydrogen) atoms. The van der Waals surface area contributed by atoms with E-state index in [1.165, 1.54) is 11.8 Å². The van der Waals surface area contributed by atoms with Gasteiger partial charge in [0.1, 0.15) is 5.82 Å². The van der Waals surface area contributed by atoms with Crippen molar-refractivity contribution >= 4 is 76.5 Å². The summed E-state index contributed by atoms with van der Waals surface area (Å²) in [6, 6.07) is 14.6. The fraction of sp³-hybridized carbons (Fsp3) is 0.241. The average Bonchev–Trinajstić information content (AvgIpc) is 2.94. The van der Waals surface area contributed by atoms with Gasteiger partial charge in [0.2, 0.25) is 0 Å². The van der Waals surface area contributed by atoms with Gasteiger partial charge in [0, 0.05) is 26.1 Å². The number of carbonyl (C=O) groups is 1. The number of aryl methyl sites for hydroxylation is 1. The summed E-state index contributed by atoms with van der Waals surface area (Å²) in [4.78, 5) is 30.7. The number of aromatic nitrogens is 2. The van der Waals surface area contributed by atoms with Gasteiger partial charge in [0.05, 0.1) is 28.7 Å². The molecule has 0 radical (unpaired) electrons. The molecule has 1 amide bonds. The Bertz CT molecular complexity index is 1650. The predicted octanol–water partition coefficient (Wildman–Crippen LogP) is 7.41. The molecule has 208 valence electrons. The molecule has 0 unspecified atom stereocenters. The number of halogens is 3. The lowest BCUT2D eigenvalue weighted by Gasteiger charge is -2.16. The lowest BCUT2D eigenvalue weighted by atomic mass is 10.1. The van der Waals surface area contributed by atoms with Gasteiger partial charge in [0.15, 0.2) is 18.1 Å². The molecule has 3 aromatic carbocycles. The van der Waals surface area contributed by atoms with Gasteiger partial charge in [-0.1, -0.05) is 47.5 Å². The molecule has 11 heteroatoms. The van der Waals surface area contributed by atoms with Crippen molar-refractivity contribution in [1.82, 2.24) is 9.66 Å². The van der Waals surface area contributed by atoms with E-state index in [0.717, 1.165) is 16.5 Å². The van der Waals surface area contributed by atoms with Crippen LogP contribution >= 0.6 is 47.8 Å². The molecular weight excluding hydrogens is 708 g/mol. The van der Waals surface area contributed by atoms with Crippen LogP contribution in [-0.4, -0.2) is 35.5 Å². The van der Waals surface area contributed by atoms with Gasteiger partial charge in [-0.15, -0.1) is 0 Å². The van der Waals surface area contributed by atoms with Crippen LogP contribution in [0.2, 0.25) is 0 Å². The van der Waals surface area contributed by atoms with Crippen molar-refractivity contribution in [1.29, 1.82) is 0 Å². The van der Waals surface area contributed by atoms with Crippen molar-refractivity contribution < 1.29 is 14.3 Å². The molecular formula is C29H27Br3N4O4. The Morgan fingerprint density at radius 3 is 2.52 bits per heavy atom. The van der Waals surface area contributed by atoms with E-state index in [0.29, 0.717) is 48.4 Å². The number of benzene rings is 3. The highest BCUT2D eigenvalue weighted by molar-refractivity contribution is 9.13. The number of methoxy groups -OCH3 is 1. The Morgan fingerprint density at radius 1 is 1.12 bits per heavy atom. The Morgan fingerprint density at radius 2 is 1.85 bits per heavy atom. The molecule has 4 aromatic rings. The third-order valence-electron chi connectivity index (χ3n) is 6.26. The van der Waals surface area contributed by atoms with Crippen LogP contribution in [0, 0.1) is 6.92 Å². The number of rotatable bonds is 9. The van der Waals surface area contributed by atoms with Gasteiger partial charge < -0.3 is 14.8 Å². The topological polar surface area (TPSA) is 94.8 Å². The second kappa shape index (κ2) is 13.1. The first-order valence-corrected chi connectivity index (χ1v) is 14.8. The van der Waals surface area contributed by atoms with E-state index in [9.17, 15) is 9.59 Å². The SMILES string of the molecule is CC[C@@H](C)c1nc2ccc(Br)cc2c(=O)n1N=Cc1cc(OC)c(OCC(=O)Nc2ccc(C)cc2)c(Br)c1Br. The summed E-state index contributed by atoms with van der Waals surface area (Å²) in [6.07, 6.45) is 2.35. The molecule has 1 aromatic heterocycles.